The average Bonchev–Trinajstić information content (AvgIpc) is 3.15. The molecule has 0 radical (unpaired) electrons. The van der Waals surface area contributed by atoms with Gasteiger partial charge in [-0.25, -0.2) is 9.97 Å². The van der Waals surface area contributed by atoms with E-state index < -0.39 is 0 Å². The molecule has 3 rings (SSSR count). The molecule has 1 heterocycles. The third-order valence-corrected chi connectivity index (χ3v) is 4.57. The van der Waals surface area contributed by atoms with Crippen LogP contribution in [-0.4, -0.2) is 23.1 Å². The maximum Gasteiger partial charge on any atom is 0.131 e. The number of hydrogen-bond acceptors (Lipinski definition) is 3. The lowest BCUT2D eigenvalue weighted by molar-refractivity contribution is 0.419. The van der Waals surface area contributed by atoms with Crippen LogP contribution >= 0.6 is 0 Å². The first-order valence-corrected chi connectivity index (χ1v) is 7.83. The van der Waals surface area contributed by atoms with E-state index in [2.05, 4.69) is 30.3 Å². The van der Waals surface area contributed by atoms with E-state index >= 15 is 0 Å². The molecule has 1 aromatic rings. The van der Waals surface area contributed by atoms with E-state index in [1.165, 1.54) is 30.5 Å². The van der Waals surface area contributed by atoms with E-state index in [0.29, 0.717) is 5.92 Å². The summed E-state index contributed by atoms with van der Waals surface area (Å²) in [6, 6.07) is 0. The third kappa shape index (κ3) is 2.97. The van der Waals surface area contributed by atoms with E-state index in [-0.39, 0.29) is 0 Å². The van der Waals surface area contributed by atoms with Crippen LogP contribution in [0.5, 0.6) is 0 Å². The second-order valence-corrected chi connectivity index (χ2v) is 6.33. The summed E-state index contributed by atoms with van der Waals surface area (Å²) in [6.07, 6.45) is 8.18. The first-order chi connectivity index (χ1) is 9.28. The molecule has 1 N–H and O–H groups in total. The summed E-state index contributed by atoms with van der Waals surface area (Å²) >= 11 is 0. The molecule has 1 fully saturated rings. The first kappa shape index (κ1) is 13.0. The zero-order valence-corrected chi connectivity index (χ0v) is 12.2. The molecule has 0 spiro atoms. The molecule has 3 unspecified atom stereocenters. The molecule has 0 aromatic carbocycles. The van der Waals surface area contributed by atoms with Crippen LogP contribution in [0.1, 0.15) is 56.1 Å². The fourth-order valence-electron chi connectivity index (χ4n) is 3.12. The SMILES string of the molecule is CCCNCC1CCc2nc(C3CC3C)ncc2C1. The summed E-state index contributed by atoms with van der Waals surface area (Å²) in [7, 11) is 0. The van der Waals surface area contributed by atoms with Crippen molar-refractivity contribution in [1.29, 1.82) is 0 Å². The topological polar surface area (TPSA) is 37.8 Å². The van der Waals surface area contributed by atoms with Crippen LogP contribution in [0.4, 0.5) is 0 Å². The quantitative estimate of drug-likeness (QED) is 0.826. The predicted octanol–water partition coefficient (Wildman–Crippen LogP) is 2.70. The lowest BCUT2D eigenvalue weighted by Gasteiger charge is -2.24. The van der Waals surface area contributed by atoms with Crippen molar-refractivity contribution >= 4 is 0 Å². The minimum absolute atomic E-state index is 0.647. The van der Waals surface area contributed by atoms with E-state index in [0.717, 1.165) is 43.6 Å². The zero-order valence-electron chi connectivity index (χ0n) is 12.2. The van der Waals surface area contributed by atoms with Gasteiger partial charge in [0.15, 0.2) is 0 Å². The number of fused-ring (bicyclic) bond motifs is 1. The van der Waals surface area contributed by atoms with E-state index in [1.807, 2.05) is 0 Å². The maximum absolute atomic E-state index is 4.83. The van der Waals surface area contributed by atoms with E-state index in [4.69, 9.17) is 4.98 Å². The van der Waals surface area contributed by atoms with Gasteiger partial charge in [-0.05, 0) is 62.6 Å². The van der Waals surface area contributed by atoms with Gasteiger partial charge < -0.3 is 5.32 Å². The Morgan fingerprint density at radius 3 is 3.00 bits per heavy atom. The second kappa shape index (κ2) is 5.58. The van der Waals surface area contributed by atoms with Crippen molar-refractivity contribution in [1.82, 2.24) is 15.3 Å². The fraction of sp³-hybridized carbons (Fsp3) is 0.750. The van der Waals surface area contributed by atoms with Gasteiger partial charge in [-0.2, -0.15) is 0 Å². The van der Waals surface area contributed by atoms with Crippen LogP contribution in [0.25, 0.3) is 0 Å². The molecule has 0 amide bonds. The molecule has 2 aliphatic rings. The molecular formula is C16H25N3. The van der Waals surface area contributed by atoms with Crippen LogP contribution in [0.15, 0.2) is 6.20 Å². The Balaban J connectivity index is 1.62. The smallest absolute Gasteiger partial charge is 0.131 e. The summed E-state index contributed by atoms with van der Waals surface area (Å²) in [4.78, 5) is 9.43. The van der Waals surface area contributed by atoms with Crippen LogP contribution < -0.4 is 5.32 Å². The van der Waals surface area contributed by atoms with Crippen LogP contribution in [0.3, 0.4) is 0 Å². The van der Waals surface area contributed by atoms with Gasteiger partial charge in [-0.15, -0.1) is 0 Å². The molecule has 1 aromatic heterocycles. The highest BCUT2D eigenvalue weighted by molar-refractivity contribution is 5.23. The van der Waals surface area contributed by atoms with E-state index in [1.54, 1.807) is 0 Å². The van der Waals surface area contributed by atoms with Crippen molar-refractivity contribution in [3.63, 3.8) is 0 Å². The number of nitrogens with zero attached hydrogens (tertiary/aromatic N) is 2. The number of rotatable bonds is 5. The van der Waals surface area contributed by atoms with Crippen molar-refractivity contribution in [2.24, 2.45) is 11.8 Å². The fourth-order valence-corrected chi connectivity index (χ4v) is 3.12. The van der Waals surface area contributed by atoms with Gasteiger partial charge in [0.1, 0.15) is 5.82 Å². The van der Waals surface area contributed by atoms with E-state index in [9.17, 15) is 0 Å². The van der Waals surface area contributed by atoms with Crippen molar-refractivity contribution in [3.8, 4) is 0 Å². The van der Waals surface area contributed by atoms with Gasteiger partial charge >= 0.3 is 0 Å². The number of aromatic nitrogens is 2. The Hall–Kier alpha value is -0.960. The molecule has 3 atom stereocenters. The Bertz CT molecular complexity index is 444. The Kier molecular flexibility index (Phi) is 3.83. The van der Waals surface area contributed by atoms with Gasteiger partial charge in [0, 0.05) is 17.8 Å². The van der Waals surface area contributed by atoms with Crippen molar-refractivity contribution < 1.29 is 0 Å². The second-order valence-electron chi connectivity index (χ2n) is 6.33. The van der Waals surface area contributed by atoms with Gasteiger partial charge in [0.2, 0.25) is 0 Å². The Morgan fingerprint density at radius 2 is 2.26 bits per heavy atom. The van der Waals surface area contributed by atoms with Crippen LogP contribution in [-0.2, 0) is 12.8 Å². The standard InChI is InChI=1S/C16H25N3/c1-3-6-17-9-12-4-5-15-13(8-12)10-18-16(19-15)14-7-11(14)2/h10-12,14,17H,3-9H2,1-2H3. The summed E-state index contributed by atoms with van der Waals surface area (Å²) in [5.41, 5.74) is 2.72. The lowest BCUT2D eigenvalue weighted by atomic mass is 9.87. The Labute approximate surface area is 116 Å². The van der Waals surface area contributed by atoms with Gasteiger partial charge in [0.05, 0.1) is 0 Å². The third-order valence-electron chi connectivity index (χ3n) is 4.57. The van der Waals surface area contributed by atoms with Crippen molar-refractivity contribution in [2.75, 3.05) is 13.1 Å². The first-order valence-electron chi connectivity index (χ1n) is 7.83. The number of hydrogen-bond donors (Lipinski definition) is 1. The molecule has 3 nitrogen and oxygen atoms in total. The van der Waals surface area contributed by atoms with Crippen molar-refractivity contribution in [2.45, 2.75) is 51.9 Å². The molecule has 0 bridgehead atoms. The van der Waals surface area contributed by atoms with Gasteiger partial charge in [-0.1, -0.05) is 13.8 Å². The molecule has 2 aliphatic carbocycles. The highest BCUT2D eigenvalue weighted by Gasteiger charge is 2.37. The summed E-state index contributed by atoms with van der Waals surface area (Å²) in [6.45, 7) is 6.80. The maximum atomic E-state index is 4.83. The predicted molar refractivity (Wildman–Crippen MR) is 77.2 cm³/mol. The highest BCUT2D eigenvalue weighted by atomic mass is 14.9. The molecule has 1 saturated carbocycles. The lowest BCUT2D eigenvalue weighted by Crippen LogP contribution is -2.28. The molecule has 19 heavy (non-hydrogen) atoms. The average molecular weight is 259 g/mol. The van der Waals surface area contributed by atoms with Gasteiger partial charge in [-0.3, -0.25) is 0 Å². The summed E-state index contributed by atoms with van der Waals surface area (Å²) in [5, 5.41) is 3.54. The minimum Gasteiger partial charge on any atom is -0.316 e. The monoisotopic (exact) mass is 259 g/mol. The zero-order chi connectivity index (χ0) is 13.2. The summed E-state index contributed by atoms with van der Waals surface area (Å²) < 4.78 is 0. The summed E-state index contributed by atoms with van der Waals surface area (Å²) in [5.74, 6) is 3.32. The molecule has 0 aliphatic heterocycles. The van der Waals surface area contributed by atoms with Crippen LogP contribution in [0, 0.1) is 11.8 Å². The number of nitrogens with one attached hydrogen (secondary N) is 1. The number of aryl methyl sites for hydroxylation is 1. The van der Waals surface area contributed by atoms with Gasteiger partial charge in [0.25, 0.3) is 0 Å². The normalized spacial score (nSPS) is 29.1. The molecular weight excluding hydrogens is 234 g/mol. The minimum atomic E-state index is 0.647. The van der Waals surface area contributed by atoms with Crippen molar-refractivity contribution in [3.05, 3.63) is 23.3 Å². The van der Waals surface area contributed by atoms with Crippen LogP contribution in [0.2, 0.25) is 0 Å². The largest absolute Gasteiger partial charge is 0.316 e. The molecule has 0 saturated heterocycles. The molecule has 104 valence electrons. The molecule has 3 heteroatoms. The highest BCUT2D eigenvalue weighted by Crippen LogP contribution is 2.45. The Morgan fingerprint density at radius 1 is 1.42 bits per heavy atom.